The normalized spacial score (nSPS) is 10.5. The average Bonchev–Trinajstić information content (AvgIpc) is 2.98. The van der Waals surface area contributed by atoms with Gasteiger partial charge in [-0.15, -0.1) is 0 Å². The van der Waals surface area contributed by atoms with Gasteiger partial charge in [-0.3, -0.25) is 0 Å². The number of rotatable bonds is 3. The number of hydrogen-bond acceptors (Lipinski definition) is 4. The zero-order valence-corrected chi connectivity index (χ0v) is 10.7. The second-order valence-corrected chi connectivity index (χ2v) is 4.16. The van der Waals surface area contributed by atoms with E-state index in [2.05, 4.69) is 10.1 Å². The molecule has 0 unspecified atom stereocenters. The van der Waals surface area contributed by atoms with Crippen LogP contribution in [0.3, 0.4) is 0 Å². The summed E-state index contributed by atoms with van der Waals surface area (Å²) in [6.07, 6.45) is 0. The highest BCUT2D eigenvalue weighted by atomic mass is 19.1. The largest absolute Gasteiger partial charge is 0.497 e. The molecular weight excluding hydrogens is 259 g/mol. The number of hydrogen-bond donors (Lipinski definition) is 0. The van der Waals surface area contributed by atoms with Crippen molar-refractivity contribution in [3.63, 3.8) is 0 Å². The zero-order valence-electron chi connectivity index (χ0n) is 10.7. The van der Waals surface area contributed by atoms with Gasteiger partial charge in [-0.25, -0.2) is 4.39 Å². The third-order valence-electron chi connectivity index (χ3n) is 2.85. The quantitative estimate of drug-likeness (QED) is 0.730. The molecule has 1 heterocycles. The van der Waals surface area contributed by atoms with Crippen molar-refractivity contribution < 1.29 is 13.7 Å². The minimum atomic E-state index is -0.304. The van der Waals surface area contributed by atoms with Crippen molar-refractivity contribution in [1.82, 2.24) is 10.1 Å². The molecule has 4 nitrogen and oxygen atoms in total. The Bertz CT molecular complexity index is 723. The van der Waals surface area contributed by atoms with Crippen molar-refractivity contribution in [2.45, 2.75) is 0 Å². The van der Waals surface area contributed by atoms with Gasteiger partial charge in [0, 0.05) is 11.1 Å². The Labute approximate surface area is 114 Å². The van der Waals surface area contributed by atoms with Crippen molar-refractivity contribution in [2.75, 3.05) is 7.11 Å². The highest BCUT2D eigenvalue weighted by molar-refractivity contribution is 5.61. The highest BCUT2D eigenvalue weighted by Gasteiger charge is 2.11. The van der Waals surface area contributed by atoms with E-state index in [-0.39, 0.29) is 5.82 Å². The lowest BCUT2D eigenvalue weighted by atomic mass is 10.2. The maximum absolute atomic E-state index is 12.9. The van der Waals surface area contributed by atoms with E-state index in [4.69, 9.17) is 9.26 Å². The minimum absolute atomic E-state index is 0.304. The molecule has 0 aliphatic heterocycles. The summed E-state index contributed by atoms with van der Waals surface area (Å²) in [6, 6.07) is 13.3. The fourth-order valence-electron chi connectivity index (χ4n) is 1.81. The van der Waals surface area contributed by atoms with Gasteiger partial charge in [0.25, 0.3) is 5.89 Å². The summed E-state index contributed by atoms with van der Waals surface area (Å²) in [5, 5.41) is 3.93. The molecule has 1 aromatic heterocycles. The first kappa shape index (κ1) is 12.3. The molecule has 0 spiro atoms. The van der Waals surface area contributed by atoms with Crippen LogP contribution in [0.2, 0.25) is 0 Å². The lowest BCUT2D eigenvalue weighted by molar-refractivity contribution is 0.414. The summed E-state index contributed by atoms with van der Waals surface area (Å²) >= 11 is 0. The molecule has 0 radical (unpaired) electrons. The molecule has 2 aromatic carbocycles. The van der Waals surface area contributed by atoms with Crippen molar-refractivity contribution in [3.8, 4) is 28.6 Å². The Balaban J connectivity index is 1.95. The Morgan fingerprint density at radius 1 is 1.05 bits per heavy atom. The Hall–Kier alpha value is -2.69. The first-order valence-electron chi connectivity index (χ1n) is 6.00. The number of halogens is 1. The van der Waals surface area contributed by atoms with Gasteiger partial charge in [0.1, 0.15) is 11.6 Å². The van der Waals surface area contributed by atoms with Crippen LogP contribution in [-0.2, 0) is 0 Å². The molecule has 0 aliphatic rings. The monoisotopic (exact) mass is 270 g/mol. The van der Waals surface area contributed by atoms with Crippen molar-refractivity contribution in [2.24, 2.45) is 0 Å². The molecule has 0 aliphatic carbocycles. The Morgan fingerprint density at radius 3 is 2.60 bits per heavy atom. The first-order chi connectivity index (χ1) is 9.76. The maximum atomic E-state index is 12.9. The van der Waals surface area contributed by atoms with E-state index in [1.54, 1.807) is 19.2 Å². The molecule has 3 rings (SSSR count). The molecule has 0 saturated carbocycles. The smallest absolute Gasteiger partial charge is 0.258 e. The number of methoxy groups -OCH3 is 1. The van der Waals surface area contributed by atoms with Gasteiger partial charge in [-0.05, 0) is 36.4 Å². The summed E-state index contributed by atoms with van der Waals surface area (Å²) in [7, 11) is 1.60. The number of benzene rings is 2. The molecule has 5 heteroatoms. The van der Waals surface area contributed by atoms with Crippen LogP contribution in [-0.4, -0.2) is 17.3 Å². The van der Waals surface area contributed by atoms with Crippen LogP contribution in [0, 0.1) is 5.82 Å². The van der Waals surface area contributed by atoms with Crippen molar-refractivity contribution in [3.05, 3.63) is 54.3 Å². The fraction of sp³-hybridized carbons (Fsp3) is 0.0667. The van der Waals surface area contributed by atoms with Crippen LogP contribution in [0.25, 0.3) is 22.8 Å². The average molecular weight is 270 g/mol. The predicted octanol–water partition coefficient (Wildman–Crippen LogP) is 3.55. The van der Waals surface area contributed by atoms with Gasteiger partial charge >= 0.3 is 0 Å². The van der Waals surface area contributed by atoms with E-state index in [9.17, 15) is 4.39 Å². The molecule has 0 N–H and O–H groups in total. The molecule has 0 saturated heterocycles. The van der Waals surface area contributed by atoms with Gasteiger partial charge in [-0.2, -0.15) is 4.98 Å². The van der Waals surface area contributed by atoms with Crippen LogP contribution in [0.15, 0.2) is 53.1 Å². The van der Waals surface area contributed by atoms with Crippen LogP contribution in [0.5, 0.6) is 5.75 Å². The standard InChI is InChI=1S/C15H11FN2O2/c1-19-13-4-2-3-11(9-13)14-17-15(20-18-14)10-5-7-12(16)8-6-10/h2-9H,1H3. The lowest BCUT2D eigenvalue weighted by Gasteiger charge is -1.99. The van der Waals surface area contributed by atoms with E-state index in [1.165, 1.54) is 12.1 Å². The summed E-state index contributed by atoms with van der Waals surface area (Å²) in [5.74, 6) is 1.22. The third-order valence-corrected chi connectivity index (χ3v) is 2.85. The zero-order chi connectivity index (χ0) is 13.9. The Morgan fingerprint density at radius 2 is 1.85 bits per heavy atom. The van der Waals surface area contributed by atoms with E-state index >= 15 is 0 Å². The van der Waals surface area contributed by atoms with Crippen molar-refractivity contribution in [1.29, 1.82) is 0 Å². The van der Waals surface area contributed by atoms with Crippen LogP contribution in [0.1, 0.15) is 0 Å². The molecule has 100 valence electrons. The summed E-state index contributed by atoms with van der Waals surface area (Å²) in [5.41, 5.74) is 1.47. The van der Waals surface area contributed by atoms with Crippen LogP contribution in [0.4, 0.5) is 4.39 Å². The SMILES string of the molecule is COc1cccc(-c2noc(-c3ccc(F)cc3)n2)c1. The van der Waals surface area contributed by atoms with Gasteiger partial charge in [0.15, 0.2) is 0 Å². The molecule has 0 atom stereocenters. The number of aromatic nitrogens is 2. The summed E-state index contributed by atoms with van der Waals surface area (Å²) < 4.78 is 23.2. The molecule has 20 heavy (non-hydrogen) atoms. The van der Waals surface area contributed by atoms with Gasteiger partial charge in [0.2, 0.25) is 5.82 Å². The first-order valence-corrected chi connectivity index (χ1v) is 6.00. The maximum Gasteiger partial charge on any atom is 0.258 e. The van der Waals surface area contributed by atoms with E-state index in [0.29, 0.717) is 17.3 Å². The molecule has 0 fully saturated rings. The predicted molar refractivity (Wildman–Crippen MR) is 71.7 cm³/mol. The minimum Gasteiger partial charge on any atom is -0.497 e. The lowest BCUT2D eigenvalue weighted by Crippen LogP contribution is -1.85. The fourth-order valence-corrected chi connectivity index (χ4v) is 1.81. The molecule has 0 bridgehead atoms. The number of ether oxygens (including phenoxy) is 1. The highest BCUT2D eigenvalue weighted by Crippen LogP contribution is 2.24. The number of nitrogens with zero attached hydrogens (tertiary/aromatic N) is 2. The van der Waals surface area contributed by atoms with E-state index in [0.717, 1.165) is 11.3 Å². The van der Waals surface area contributed by atoms with Gasteiger partial charge in [-0.1, -0.05) is 17.3 Å². The summed E-state index contributed by atoms with van der Waals surface area (Å²) in [4.78, 5) is 4.30. The van der Waals surface area contributed by atoms with E-state index < -0.39 is 0 Å². The van der Waals surface area contributed by atoms with Crippen LogP contribution < -0.4 is 4.74 Å². The van der Waals surface area contributed by atoms with Crippen molar-refractivity contribution >= 4 is 0 Å². The second-order valence-electron chi connectivity index (χ2n) is 4.16. The van der Waals surface area contributed by atoms with E-state index in [1.807, 2.05) is 24.3 Å². The van der Waals surface area contributed by atoms with Crippen LogP contribution >= 0.6 is 0 Å². The van der Waals surface area contributed by atoms with Gasteiger partial charge < -0.3 is 9.26 Å². The summed E-state index contributed by atoms with van der Waals surface area (Å²) in [6.45, 7) is 0. The van der Waals surface area contributed by atoms with Gasteiger partial charge in [0.05, 0.1) is 7.11 Å². The third kappa shape index (κ3) is 2.38. The topological polar surface area (TPSA) is 48.2 Å². The molecule has 0 amide bonds. The second kappa shape index (κ2) is 5.13. The molecule has 3 aromatic rings. The Kier molecular flexibility index (Phi) is 3.16. The molecular formula is C15H11FN2O2.